The maximum Gasteiger partial charge on any atom is 0.134 e. The SMILES string of the molecule is CC(=O)CC[S+]1CCCCC1. The number of rotatable bonds is 3. The first-order valence-corrected chi connectivity index (χ1v) is 6.16. The Labute approximate surface area is 71.9 Å². The molecule has 2 heteroatoms. The minimum Gasteiger partial charge on any atom is -0.300 e. The third-order valence-corrected chi connectivity index (χ3v) is 4.62. The molecule has 0 atom stereocenters. The third-order valence-electron chi connectivity index (χ3n) is 2.11. The van der Waals surface area contributed by atoms with E-state index in [9.17, 15) is 4.79 Å². The van der Waals surface area contributed by atoms with E-state index in [4.69, 9.17) is 0 Å². The van der Waals surface area contributed by atoms with Crippen LogP contribution in [0.1, 0.15) is 32.6 Å². The molecule has 11 heavy (non-hydrogen) atoms. The lowest BCUT2D eigenvalue weighted by Gasteiger charge is -2.12. The molecule has 0 N–H and O–H groups in total. The molecule has 0 aromatic carbocycles. The van der Waals surface area contributed by atoms with Crippen molar-refractivity contribution in [3.05, 3.63) is 0 Å². The molecule has 0 unspecified atom stereocenters. The molecule has 1 aliphatic rings. The summed E-state index contributed by atoms with van der Waals surface area (Å²) in [5, 5.41) is 0. The van der Waals surface area contributed by atoms with E-state index in [1.807, 2.05) is 0 Å². The fraction of sp³-hybridized carbons (Fsp3) is 0.889. The van der Waals surface area contributed by atoms with Gasteiger partial charge in [-0.05, 0) is 37.1 Å². The van der Waals surface area contributed by atoms with Crippen molar-refractivity contribution in [2.24, 2.45) is 0 Å². The number of ketones is 1. The molecular formula is C9H17OS+. The highest BCUT2D eigenvalue weighted by atomic mass is 32.2. The van der Waals surface area contributed by atoms with Crippen molar-refractivity contribution in [2.45, 2.75) is 32.6 Å². The monoisotopic (exact) mass is 173 g/mol. The van der Waals surface area contributed by atoms with Crippen LogP contribution >= 0.6 is 0 Å². The zero-order chi connectivity index (χ0) is 8.10. The maximum absolute atomic E-state index is 10.7. The summed E-state index contributed by atoms with van der Waals surface area (Å²) in [5.41, 5.74) is 0. The molecule has 1 fully saturated rings. The highest BCUT2D eigenvalue weighted by molar-refractivity contribution is 7.96. The summed E-state index contributed by atoms with van der Waals surface area (Å²) in [6.45, 7) is 1.70. The molecule has 0 radical (unpaired) electrons. The fourth-order valence-electron chi connectivity index (χ4n) is 1.38. The van der Waals surface area contributed by atoms with E-state index in [1.165, 1.54) is 36.5 Å². The van der Waals surface area contributed by atoms with Gasteiger partial charge in [0.05, 0.1) is 6.42 Å². The van der Waals surface area contributed by atoms with Gasteiger partial charge < -0.3 is 0 Å². The molecule has 0 aromatic heterocycles. The molecule has 0 amide bonds. The molecule has 1 saturated heterocycles. The van der Waals surface area contributed by atoms with Crippen LogP contribution in [-0.2, 0) is 15.7 Å². The molecule has 1 aliphatic heterocycles. The summed E-state index contributed by atoms with van der Waals surface area (Å²) in [5.74, 6) is 4.33. The highest BCUT2D eigenvalue weighted by Gasteiger charge is 2.21. The standard InChI is InChI=1S/C9H17OS/c1-9(10)5-8-11-6-3-2-4-7-11/h2-8H2,1H3/q+1. The summed E-state index contributed by atoms with van der Waals surface area (Å²) >= 11 is 0. The van der Waals surface area contributed by atoms with Crippen LogP contribution in [0, 0.1) is 0 Å². The van der Waals surface area contributed by atoms with Crippen LogP contribution in [-0.4, -0.2) is 23.0 Å². The zero-order valence-corrected chi connectivity index (χ0v) is 8.08. The predicted molar refractivity (Wildman–Crippen MR) is 51.1 cm³/mol. The van der Waals surface area contributed by atoms with Gasteiger partial charge in [0.1, 0.15) is 23.0 Å². The van der Waals surface area contributed by atoms with E-state index < -0.39 is 0 Å². The van der Waals surface area contributed by atoms with Gasteiger partial charge in [-0.15, -0.1) is 0 Å². The van der Waals surface area contributed by atoms with Crippen LogP contribution in [0.5, 0.6) is 0 Å². The Morgan fingerprint density at radius 1 is 1.27 bits per heavy atom. The Bertz CT molecular complexity index is 128. The first-order valence-electron chi connectivity index (χ1n) is 4.42. The topological polar surface area (TPSA) is 17.1 Å². The van der Waals surface area contributed by atoms with Crippen molar-refractivity contribution in [3.63, 3.8) is 0 Å². The third kappa shape index (κ3) is 3.80. The van der Waals surface area contributed by atoms with Gasteiger partial charge in [-0.1, -0.05) is 0 Å². The lowest BCUT2D eigenvalue weighted by Crippen LogP contribution is -2.21. The van der Waals surface area contributed by atoms with Gasteiger partial charge in [0.25, 0.3) is 0 Å². The summed E-state index contributed by atoms with van der Waals surface area (Å²) < 4.78 is 0. The van der Waals surface area contributed by atoms with E-state index in [-0.39, 0.29) is 0 Å². The van der Waals surface area contributed by atoms with Crippen LogP contribution < -0.4 is 0 Å². The van der Waals surface area contributed by atoms with Gasteiger partial charge in [-0.2, -0.15) is 0 Å². The molecule has 1 nitrogen and oxygen atoms in total. The average Bonchev–Trinajstić information content (AvgIpc) is 2.03. The minimum atomic E-state index is 0.364. The van der Waals surface area contributed by atoms with Crippen LogP contribution in [0.4, 0.5) is 0 Å². The van der Waals surface area contributed by atoms with Crippen LogP contribution in [0.15, 0.2) is 0 Å². The summed E-state index contributed by atoms with van der Waals surface area (Å²) in [7, 11) is 0.614. The smallest absolute Gasteiger partial charge is 0.134 e. The lowest BCUT2D eigenvalue weighted by atomic mass is 10.3. The van der Waals surface area contributed by atoms with Gasteiger partial charge in [0, 0.05) is 0 Å². The van der Waals surface area contributed by atoms with E-state index >= 15 is 0 Å². The number of Topliss-reactive ketones (excluding diaryl/α,β-unsaturated/α-hetero) is 1. The number of hydrogen-bond donors (Lipinski definition) is 0. The summed E-state index contributed by atoms with van der Waals surface area (Å²) in [6, 6.07) is 0. The first-order chi connectivity index (χ1) is 5.29. The van der Waals surface area contributed by atoms with E-state index in [0.717, 1.165) is 6.42 Å². The minimum absolute atomic E-state index is 0.364. The van der Waals surface area contributed by atoms with Crippen molar-refractivity contribution < 1.29 is 4.79 Å². The van der Waals surface area contributed by atoms with Gasteiger partial charge in [-0.25, -0.2) is 0 Å². The second kappa shape index (κ2) is 4.81. The second-order valence-corrected chi connectivity index (χ2v) is 5.69. The highest BCUT2D eigenvalue weighted by Crippen LogP contribution is 2.14. The molecule has 0 saturated carbocycles. The number of hydrogen-bond acceptors (Lipinski definition) is 1. The Morgan fingerprint density at radius 3 is 2.45 bits per heavy atom. The molecule has 1 rings (SSSR count). The number of carbonyl (C=O) groups is 1. The van der Waals surface area contributed by atoms with Crippen molar-refractivity contribution in [1.29, 1.82) is 0 Å². The molecule has 1 heterocycles. The van der Waals surface area contributed by atoms with Crippen molar-refractivity contribution in [2.75, 3.05) is 17.3 Å². The molecule has 0 aliphatic carbocycles. The van der Waals surface area contributed by atoms with Crippen LogP contribution in [0.25, 0.3) is 0 Å². The second-order valence-electron chi connectivity index (χ2n) is 3.24. The Kier molecular flexibility index (Phi) is 3.98. The fourth-order valence-corrected chi connectivity index (χ4v) is 3.80. The summed E-state index contributed by atoms with van der Waals surface area (Å²) in [4.78, 5) is 10.7. The zero-order valence-electron chi connectivity index (χ0n) is 7.27. The molecule has 0 spiro atoms. The largest absolute Gasteiger partial charge is 0.300 e. The molecular weight excluding hydrogens is 156 g/mol. The van der Waals surface area contributed by atoms with Crippen molar-refractivity contribution in [1.82, 2.24) is 0 Å². The average molecular weight is 173 g/mol. The van der Waals surface area contributed by atoms with Gasteiger partial charge in [0.15, 0.2) is 0 Å². The molecule has 0 aromatic rings. The van der Waals surface area contributed by atoms with Crippen LogP contribution in [0.2, 0.25) is 0 Å². The van der Waals surface area contributed by atoms with Gasteiger partial charge in [-0.3, -0.25) is 4.79 Å². The maximum atomic E-state index is 10.7. The van der Waals surface area contributed by atoms with E-state index in [1.54, 1.807) is 6.92 Å². The van der Waals surface area contributed by atoms with Crippen molar-refractivity contribution >= 4 is 16.7 Å². The Morgan fingerprint density at radius 2 is 1.91 bits per heavy atom. The molecule has 0 bridgehead atoms. The van der Waals surface area contributed by atoms with Crippen LogP contribution in [0.3, 0.4) is 0 Å². The Balaban J connectivity index is 2.09. The van der Waals surface area contributed by atoms with Gasteiger partial charge >= 0.3 is 0 Å². The van der Waals surface area contributed by atoms with E-state index in [2.05, 4.69) is 0 Å². The normalized spacial score (nSPS) is 20.1. The lowest BCUT2D eigenvalue weighted by molar-refractivity contribution is -0.116. The van der Waals surface area contributed by atoms with E-state index in [0.29, 0.717) is 16.7 Å². The predicted octanol–water partition coefficient (Wildman–Crippen LogP) is 1.77. The summed E-state index contributed by atoms with van der Waals surface area (Å²) in [6.07, 6.45) is 5.05. The Hall–Kier alpha value is 0.0200. The quantitative estimate of drug-likeness (QED) is 0.594. The van der Waals surface area contributed by atoms with Crippen molar-refractivity contribution in [3.8, 4) is 0 Å². The first kappa shape index (κ1) is 9.11. The molecule has 64 valence electrons. The number of carbonyl (C=O) groups excluding carboxylic acids is 1. The van der Waals surface area contributed by atoms with Gasteiger partial charge in [0.2, 0.25) is 0 Å².